The number of piperidine rings is 1. The molecule has 2 aliphatic rings. The number of nitrogens with one attached hydrogen (secondary N) is 1. The Kier molecular flexibility index (Phi) is 4.45. The van der Waals surface area contributed by atoms with Crippen LogP contribution in [0.1, 0.15) is 53.4 Å². The standard InChI is InChI=1S/C14H29N3/c1-11(2)15-14-8-9-16(10-14)17-12(3)6-5-7-13(17)4/h11-15H,5-10H2,1-4H3. The summed E-state index contributed by atoms with van der Waals surface area (Å²) in [4.78, 5) is 0. The van der Waals surface area contributed by atoms with E-state index in [-0.39, 0.29) is 0 Å². The highest BCUT2D eigenvalue weighted by atomic mass is 15.7. The molecule has 0 radical (unpaired) electrons. The number of hydrogen-bond donors (Lipinski definition) is 1. The maximum atomic E-state index is 3.67. The van der Waals surface area contributed by atoms with Crippen molar-refractivity contribution < 1.29 is 0 Å². The van der Waals surface area contributed by atoms with E-state index in [2.05, 4.69) is 43.0 Å². The van der Waals surface area contributed by atoms with Crippen molar-refractivity contribution in [3.8, 4) is 0 Å². The third kappa shape index (κ3) is 3.21. The van der Waals surface area contributed by atoms with Crippen molar-refractivity contribution in [1.29, 1.82) is 0 Å². The zero-order valence-electron chi connectivity index (χ0n) is 11.9. The predicted molar refractivity (Wildman–Crippen MR) is 72.9 cm³/mol. The predicted octanol–water partition coefficient (Wildman–Crippen LogP) is 2.24. The van der Waals surface area contributed by atoms with Crippen LogP contribution >= 0.6 is 0 Å². The Hall–Kier alpha value is -0.120. The summed E-state index contributed by atoms with van der Waals surface area (Å²) in [5.41, 5.74) is 0. The van der Waals surface area contributed by atoms with Crippen LogP contribution in [-0.2, 0) is 0 Å². The summed E-state index contributed by atoms with van der Waals surface area (Å²) < 4.78 is 0. The molecule has 0 aromatic carbocycles. The van der Waals surface area contributed by atoms with Crippen molar-refractivity contribution in [3.63, 3.8) is 0 Å². The van der Waals surface area contributed by atoms with Crippen molar-refractivity contribution >= 4 is 0 Å². The fourth-order valence-electron chi connectivity index (χ4n) is 3.52. The minimum absolute atomic E-state index is 0.608. The first kappa shape index (κ1) is 13.3. The molecule has 0 aromatic heterocycles. The van der Waals surface area contributed by atoms with E-state index < -0.39 is 0 Å². The summed E-state index contributed by atoms with van der Waals surface area (Å²) in [7, 11) is 0. The molecule has 2 aliphatic heterocycles. The maximum Gasteiger partial charge on any atom is 0.0288 e. The Morgan fingerprint density at radius 3 is 2.29 bits per heavy atom. The van der Waals surface area contributed by atoms with Crippen molar-refractivity contribution in [2.45, 2.75) is 77.5 Å². The molecule has 2 saturated heterocycles. The smallest absolute Gasteiger partial charge is 0.0288 e. The van der Waals surface area contributed by atoms with Gasteiger partial charge < -0.3 is 5.32 Å². The van der Waals surface area contributed by atoms with E-state index in [0.29, 0.717) is 12.1 Å². The largest absolute Gasteiger partial charge is 0.310 e. The average molecular weight is 239 g/mol. The van der Waals surface area contributed by atoms with E-state index in [4.69, 9.17) is 0 Å². The van der Waals surface area contributed by atoms with Gasteiger partial charge in [-0.15, -0.1) is 0 Å². The second kappa shape index (κ2) is 5.68. The van der Waals surface area contributed by atoms with Gasteiger partial charge in [0.05, 0.1) is 0 Å². The first-order valence-electron chi connectivity index (χ1n) is 7.37. The van der Waals surface area contributed by atoms with Crippen LogP contribution in [0.4, 0.5) is 0 Å². The van der Waals surface area contributed by atoms with Gasteiger partial charge in [0.15, 0.2) is 0 Å². The maximum absolute atomic E-state index is 3.67. The fraction of sp³-hybridized carbons (Fsp3) is 1.00. The van der Waals surface area contributed by atoms with Gasteiger partial charge in [-0.1, -0.05) is 20.3 Å². The molecule has 3 unspecified atom stereocenters. The third-order valence-corrected chi connectivity index (χ3v) is 4.21. The lowest BCUT2D eigenvalue weighted by atomic mass is 9.99. The SMILES string of the molecule is CC(C)NC1CCN(N2C(C)CCCC2C)C1. The topological polar surface area (TPSA) is 18.5 Å². The van der Waals surface area contributed by atoms with Crippen molar-refractivity contribution in [3.05, 3.63) is 0 Å². The van der Waals surface area contributed by atoms with Gasteiger partial charge in [0, 0.05) is 37.3 Å². The average Bonchev–Trinajstić information content (AvgIpc) is 2.65. The molecule has 0 amide bonds. The van der Waals surface area contributed by atoms with Crippen LogP contribution < -0.4 is 5.32 Å². The second-order valence-corrected chi connectivity index (χ2v) is 6.23. The molecule has 0 aliphatic carbocycles. The van der Waals surface area contributed by atoms with Gasteiger partial charge in [0.25, 0.3) is 0 Å². The quantitative estimate of drug-likeness (QED) is 0.815. The second-order valence-electron chi connectivity index (χ2n) is 6.23. The molecular formula is C14H29N3. The molecule has 3 heteroatoms. The van der Waals surface area contributed by atoms with Crippen LogP contribution in [0.5, 0.6) is 0 Å². The van der Waals surface area contributed by atoms with Gasteiger partial charge in [-0.2, -0.15) is 0 Å². The van der Waals surface area contributed by atoms with Crippen LogP contribution in [0.3, 0.4) is 0 Å². The molecule has 3 atom stereocenters. The summed E-state index contributed by atoms with van der Waals surface area (Å²) in [6, 6.07) is 2.76. The zero-order valence-corrected chi connectivity index (χ0v) is 11.9. The highest BCUT2D eigenvalue weighted by molar-refractivity contribution is 4.86. The number of hydrazine groups is 1. The summed E-state index contributed by atoms with van der Waals surface area (Å²) in [5.74, 6) is 0. The number of rotatable bonds is 3. The molecular weight excluding hydrogens is 210 g/mol. The Morgan fingerprint density at radius 2 is 1.71 bits per heavy atom. The van der Waals surface area contributed by atoms with Gasteiger partial charge in [0.2, 0.25) is 0 Å². The molecule has 0 aromatic rings. The Labute approximate surface area is 107 Å². The van der Waals surface area contributed by atoms with Gasteiger partial charge in [-0.05, 0) is 33.1 Å². The highest BCUT2D eigenvalue weighted by Gasteiger charge is 2.34. The van der Waals surface area contributed by atoms with E-state index in [1.54, 1.807) is 0 Å². The molecule has 3 nitrogen and oxygen atoms in total. The van der Waals surface area contributed by atoms with Crippen LogP contribution in [-0.4, -0.2) is 47.3 Å². The zero-order chi connectivity index (χ0) is 12.4. The molecule has 100 valence electrons. The Morgan fingerprint density at radius 1 is 1.06 bits per heavy atom. The Bertz CT molecular complexity index is 232. The highest BCUT2D eigenvalue weighted by Crippen LogP contribution is 2.26. The van der Waals surface area contributed by atoms with E-state index in [1.807, 2.05) is 0 Å². The summed E-state index contributed by atoms with van der Waals surface area (Å²) >= 11 is 0. The molecule has 17 heavy (non-hydrogen) atoms. The first-order chi connectivity index (χ1) is 8.08. The van der Waals surface area contributed by atoms with Crippen molar-refractivity contribution in [1.82, 2.24) is 15.3 Å². The van der Waals surface area contributed by atoms with Gasteiger partial charge in [0.1, 0.15) is 0 Å². The molecule has 0 spiro atoms. The van der Waals surface area contributed by atoms with E-state index >= 15 is 0 Å². The Balaban J connectivity index is 1.90. The molecule has 2 fully saturated rings. The van der Waals surface area contributed by atoms with Crippen LogP contribution in [0, 0.1) is 0 Å². The summed E-state index contributed by atoms with van der Waals surface area (Å²) in [6.45, 7) is 11.7. The molecule has 2 rings (SSSR count). The van der Waals surface area contributed by atoms with Crippen molar-refractivity contribution in [2.24, 2.45) is 0 Å². The lowest BCUT2D eigenvalue weighted by Gasteiger charge is -2.44. The number of hydrogen-bond acceptors (Lipinski definition) is 3. The molecule has 0 saturated carbocycles. The van der Waals surface area contributed by atoms with Gasteiger partial charge >= 0.3 is 0 Å². The lowest BCUT2D eigenvalue weighted by Crippen LogP contribution is -2.54. The van der Waals surface area contributed by atoms with Crippen LogP contribution in [0.25, 0.3) is 0 Å². The van der Waals surface area contributed by atoms with Crippen LogP contribution in [0.2, 0.25) is 0 Å². The van der Waals surface area contributed by atoms with Crippen LogP contribution in [0.15, 0.2) is 0 Å². The number of nitrogens with zero attached hydrogens (tertiary/aromatic N) is 2. The minimum atomic E-state index is 0.608. The van der Waals surface area contributed by atoms with E-state index in [0.717, 1.165) is 12.1 Å². The third-order valence-electron chi connectivity index (χ3n) is 4.21. The van der Waals surface area contributed by atoms with Crippen molar-refractivity contribution in [2.75, 3.05) is 13.1 Å². The van der Waals surface area contributed by atoms with E-state index in [1.165, 1.54) is 38.8 Å². The van der Waals surface area contributed by atoms with Gasteiger partial charge in [-0.25, -0.2) is 10.0 Å². The minimum Gasteiger partial charge on any atom is -0.310 e. The molecule has 1 N–H and O–H groups in total. The fourth-order valence-corrected chi connectivity index (χ4v) is 3.52. The monoisotopic (exact) mass is 239 g/mol. The summed E-state index contributed by atoms with van der Waals surface area (Å²) in [6.07, 6.45) is 5.43. The lowest BCUT2D eigenvalue weighted by molar-refractivity contribution is -0.0905. The summed E-state index contributed by atoms with van der Waals surface area (Å²) in [5, 5.41) is 8.94. The normalized spacial score (nSPS) is 36.9. The molecule has 0 bridgehead atoms. The first-order valence-corrected chi connectivity index (χ1v) is 7.37. The molecule has 2 heterocycles. The van der Waals surface area contributed by atoms with E-state index in [9.17, 15) is 0 Å². The van der Waals surface area contributed by atoms with Gasteiger partial charge in [-0.3, -0.25) is 0 Å².